The Hall–Kier alpha value is -1.94. The number of aromatic amines is 1. The summed E-state index contributed by atoms with van der Waals surface area (Å²) in [5.41, 5.74) is -1.89. The van der Waals surface area contributed by atoms with E-state index >= 15 is 0 Å². The van der Waals surface area contributed by atoms with Crippen LogP contribution in [-0.4, -0.2) is 28.1 Å². The second-order valence-corrected chi connectivity index (χ2v) is 6.31. The fourth-order valence-corrected chi connectivity index (χ4v) is 2.28. The Kier molecular flexibility index (Phi) is 3.77. The number of hydrogen-bond acceptors (Lipinski definition) is 7. The number of aryl methyl sites for hydroxylation is 1. The smallest absolute Gasteiger partial charge is 0.328 e. The molecule has 9 nitrogen and oxygen atoms in total. The Morgan fingerprint density at radius 3 is 2.70 bits per heavy atom. The molecule has 0 bridgehead atoms. The van der Waals surface area contributed by atoms with Crippen LogP contribution in [0, 0.1) is 0 Å². The first-order valence-electron chi connectivity index (χ1n) is 5.41. The summed E-state index contributed by atoms with van der Waals surface area (Å²) < 4.78 is 28.2. The average Bonchev–Trinajstić information content (AvgIpc) is 2.78. The predicted octanol–water partition coefficient (Wildman–Crippen LogP) is -0.542. The molecule has 0 aliphatic rings. The minimum atomic E-state index is -4.26. The molecule has 108 valence electrons. The Morgan fingerprint density at radius 2 is 2.15 bits per heavy atom. The fraction of sp³-hybridized carbons (Fsp3) is 0.333. The molecule has 20 heavy (non-hydrogen) atoms. The third kappa shape index (κ3) is 2.96. The minimum absolute atomic E-state index is 0.105. The highest BCUT2D eigenvalue weighted by molar-refractivity contribution is 8.13. The highest BCUT2D eigenvalue weighted by Gasteiger charge is 2.18. The van der Waals surface area contributed by atoms with Crippen LogP contribution in [0.2, 0.25) is 0 Å². The first kappa shape index (κ1) is 14.5. The van der Waals surface area contributed by atoms with Crippen molar-refractivity contribution in [1.29, 1.82) is 0 Å². The lowest BCUT2D eigenvalue weighted by Crippen LogP contribution is -2.32. The fourth-order valence-electron chi connectivity index (χ4n) is 1.42. The van der Waals surface area contributed by atoms with Gasteiger partial charge in [0.1, 0.15) is 6.54 Å². The molecule has 0 saturated carbocycles. The van der Waals surface area contributed by atoms with E-state index in [1.165, 1.54) is 0 Å². The molecule has 0 aromatic carbocycles. The summed E-state index contributed by atoms with van der Waals surface area (Å²) in [4.78, 5) is 28.0. The van der Waals surface area contributed by atoms with Crippen LogP contribution in [0.3, 0.4) is 0 Å². The van der Waals surface area contributed by atoms with Crippen LogP contribution in [-0.2, 0) is 22.0 Å². The third-order valence-corrected chi connectivity index (χ3v) is 3.69. The Bertz CT molecular complexity index is 850. The molecule has 0 aliphatic carbocycles. The van der Waals surface area contributed by atoms with Crippen LogP contribution in [0.25, 0.3) is 0 Å². The topological polar surface area (TPSA) is 128 Å². The maximum atomic E-state index is 11.6. The van der Waals surface area contributed by atoms with Crippen LogP contribution in [0.4, 0.5) is 0 Å². The van der Waals surface area contributed by atoms with Crippen LogP contribution >= 0.6 is 10.7 Å². The van der Waals surface area contributed by atoms with Crippen LogP contribution in [0.15, 0.2) is 25.2 Å². The number of nitrogens with zero attached hydrogens (tertiary/aromatic N) is 3. The number of rotatable bonds is 4. The van der Waals surface area contributed by atoms with E-state index in [0.29, 0.717) is 12.2 Å². The van der Waals surface area contributed by atoms with E-state index in [2.05, 4.69) is 10.1 Å². The first-order valence-corrected chi connectivity index (χ1v) is 7.72. The molecule has 0 spiro atoms. The zero-order chi connectivity index (χ0) is 14.9. The molecule has 0 amide bonds. The Labute approximate surface area is 116 Å². The number of aromatic nitrogens is 4. The van der Waals surface area contributed by atoms with Gasteiger partial charge < -0.3 is 4.52 Å². The molecule has 2 heterocycles. The van der Waals surface area contributed by atoms with Gasteiger partial charge in [0.25, 0.3) is 14.6 Å². The number of nitrogens with one attached hydrogen (secondary N) is 1. The molecule has 2 aromatic rings. The zero-order valence-electron chi connectivity index (χ0n) is 10.2. The molecule has 0 unspecified atom stereocenters. The molecular weight excluding hydrogens is 312 g/mol. The van der Waals surface area contributed by atoms with E-state index in [1.807, 2.05) is 11.9 Å². The van der Waals surface area contributed by atoms with Crippen molar-refractivity contribution in [1.82, 2.24) is 19.7 Å². The van der Waals surface area contributed by atoms with Gasteiger partial charge in [-0.05, 0) is 0 Å². The second-order valence-electron chi connectivity index (χ2n) is 3.78. The summed E-state index contributed by atoms with van der Waals surface area (Å²) in [6.45, 7) is 1.64. The number of hydrogen-bond donors (Lipinski definition) is 1. The third-order valence-electron chi connectivity index (χ3n) is 2.37. The molecule has 0 saturated heterocycles. The SMILES string of the molecule is CCc1noc(Cn2cc(S(=O)(=O)Cl)c(=O)[nH]c2=O)n1. The number of H-pyrrole nitrogens is 1. The van der Waals surface area contributed by atoms with Gasteiger partial charge in [0, 0.05) is 23.3 Å². The molecular formula is C9H9ClN4O5S. The van der Waals surface area contributed by atoms with Gasteiger partial charge in [0.15, 0.2) is 10.7 Å². The van der Waals surface area contributed by atoms with Crippen molar-refractivity contribution in [2.24, 2.45) is 0 Å². The molecule has 0 radical (unpaired) electrons. The van der Waals surface area contributed by atoms with Gasteiger partial charge in [0.2, 0.25) is 5.89 Å². The van der Waals surface area contributed by atoms with Gasteiger partial charge in [-0.3, -0.25) is 14.3 Å². The summed E-state index contributed by atoms with van der Waals surface area (Å²) in [5.74, 6) is 0.552. The maximum Gasteiger partial charge on any atom is 0.328 e. The quantitative estimate of drug-likeness (QED) is 0.749. The second kappa shape index (κ2) is 5.21. The minimum Gasteiger partial charge on any atom is -0.337 e. The van der Waals surface area contributed by atoms with E-state index in [9.17, 15) is 18.0 Å². The monoisotopic (exact) mass is 320 g/mol. The van der Waals surface area contributed by atoms with Crippen molar-refractivity contribution in [3.63, 3.8) is 0 Å². The highest BCUT2D eigenvalue weighted by atomic mass is 35.7. The normalized spacial score (nSPS) is 11.7. The van der Waals surface area contributed by atoms with Gasteiger partial charge in [-0.2, -0.15) is 4.98 Å². The molecule has 1 N–H and O–H groups in total. The van der Waals surface area contributed by atoms with E-state index in [4.69, 9.17) is 15.2 Å². The lowest BCUT2D eigenvalue weighted by molar-refractivity contribution is 0.363. The summed E-state index contributed by atoms with van der Waals surface area (Å²) in [6, 6.07) is 0. The first-order chi connectivity index (χ1) is 9.31. The van der Waals surface area contributed by atoms with Crippen molar-refractivity contribution < 1.29 is 12.9 Å². The largest absolute Gasteiger partial charge is 0.337 e. The van der Waals surface area contributed by atoms with Crippen LogP contribution in [0.1, 0.15) is 18.6 Å². The van der Waals surface area contributed by atoms with Crippen LogP contribution in [0.5, 0.6) is 0 Å². The van der Waals surface area contributed by atoms with Crippen molar-refractivity contribution in [3.05, 3.63) is 38.8 Å². The molecule has 0 atom stereocenters. The van der Waals surface area contributed by atoms with E-state index in [0.717, 1.165) is 10.8 Å². The van der Waals surface area contributed by atoms with Gasteiger partial charge in [-0.25, -0.2) is 13.2 Å². The molecule has 0 aliphatic heterocycles. The summed E-state index contributed by atoms with van der Waals surface area (Å²) in [6.07, 6.45) is 1.38. The van der Waals surface area contributed by atoms with Crippen LogP contribution < -0.4 is 11.2 Å². The predicted molar refractivity (Wildman–Crippen MR) is 67.1 cm³/mol. The lowest BCUT2D eigenvalue weighted by atomic mass is 10.5. The summed E-state index contributed by atoms with van der Waals surface area (Å²) >= 11 is 0. The van der Waals surface area contributed by atoms with E-state index in [-0.39, 0.29) is 12.4 Å². The van der Waals surface area contributed by atoms with Gasteiger partial charge in [-0.1, -0.05) is 12.1 Å². The highest BCUT2D eigenvalue weighted by Crippen LogP contribution is 2.08. The van der Waals surface area contributed by atoms with E-state index < -0.39 is 25.2 Å². The van der Waals surface area contributed by atoms with E-state index in [1.54, 1.807) is 0 Å². The number of halogens is 1. The van der Waals surface area contributed by atoms with Crippen molar-refractivity contribution in [3.8, 4) is 0 Å². The van der Waals surface area contributed by atoms with Crippen molar-refractivity contribution in [2.45, 2.75) is 24.8 Å². The summed E-state index contributed by atoms with van der Waals surface area (Å²) in [7, 11) is 0.841. The summed E-state index contributed by atoms with van der Waals surface area (Å²) in [5, 5.41) is 3.63. The van der Waals surface area contributed by atoms with Gasteiger partial charge >= 0.3 is 5.69 Å². The van der Waals surface area contributed by atoms with Crippen molar-refractivity contribution >= 4 is 19.7 Å². The Balaban J connectivity index is 2.47. The van der Waals surface area contributed by atoms with Gasteiger partial charge in [0.05, 0.1) is 0 Å². The lowest BCUT2D eigenvalue weighted by Gasteiger charge is -2.02. The zero-order valence-corrected chi connectivity index (χ0v) is 11.7. The molecule has 2 rings (SSSR count). The Morgan fingerprint density at radius 1 is 1.45 bits per heavy atom. The average molecular weight is 321 g/mol. The molecule has 2 aromatic heterocycles. The standard InChI is InChI=1S/C9H9ClN4O5S/c1-2-6-11-7(19-13-6)4-14-3-5(20(10,17)18)8(15)12-9(14)16/h3H,2,4H2,1H3,(H,12,15,16). The maximum absolute atomic E-state index is 11.6. The molecule has 0 fully saturated rings. The van der Waals surface area contributed by atoms with Gasteiger partial charge in [-0.15, -0.1) is 0 Å². The van der Waals surface area contributed by atoms with Crippen molar-refractivity contribution in [2.75, 3.05) is 0 Å². The molecule has 11 heteroatoms.